The molecule has 0 spiro atoms. The van der Waals surface area contributed by atoms with Crippen LogP contribution in [0.1, 0.15) is 31.9 Å². The van der Waals surface area contributed by atoms with Crippen molar-refractivity contribution in [1.82, 2.24) is 10.2 Å². The summed E-state index contributed by atoms with van der Waals surface area (Å²) in [5.41, 5.74) is 0.486. The fourth-order valence-electron chi connectivity index (χ4n) is 2.74. The van der Waals surface area contributed by atoms with Crippen LogP contribution in [0, 0.1) is 17.6 Å². The summed E-state index contributed by atoms with van der Waals surface area (Å²) in [6.45, 7) is 7.61. The second-order valence-corrected chi connectivity index (χ2v) is 5.73. The van der Waals surface area contributed by atoms with Crippen LogP contribution in [0.2, 0.25) is 0 Å². The Kier molecular flexibility index (Phi) is 9.24. The zero-order valence-electron chi connectivity index (χ0n) is 12.8. The number of nitrogens with zero attached hydrogens (tertiary/aromatic N) is 1. The van der Waals surface area contributed by atoms with E-state index < -0.39 is 17.4 Å². The van der Waals surface area contributed by atoms with Crippen molar-refractivity contribution in [3.63, 3.8) is 0 Å². The molecule has 0 radical (unpaired) electrons. The fourth-order valence-corrected chi connectivity index (χ4v) is 2.74. The number of phenolic OH excluding ortho intramolecular Hbond substituents is 1. The Morgan fingerprint density at radius 1 is 1.18 bits per heavy atom. The molecule has 0 amide bonds. The lowest BCUT2D eigenvalue weighted by Gasteiger charge is -2.36. The minimum absolute atomic E-state index is 0. The van der Waals surface area contributed by atoms with Crippen LogP contribution in [0.3, 0.4) is 0 Å². The zero-order chi connectivity index (χ0) is 14.7. The second kappa shape index (κ2) is 9.50. The summed E-state index contributed by atoms with van der Waals surface area (Å²) in [6, 6.07) is 2.52. The van der Waals surface area contributed by atoms with Gasteiger partial charge in [0.25, 0.3) is 0 Å². The van der Waals surface area contributed by atoms with Gasteiger partial charge in [0.1, 0.15) is 0 Å². The van der Waals surface area contributed by atoms with Gasteiger partial charge in [0.05, 0.1) is 0 Å². The SMILES string of the molecule is CC(C)C[C@@H](c1ccc(F)c(F)c1O)N1CCNCC1.Cl.Cl. The fraction of sp³-hybridized carbons (Fsp3) is 0.600. The van der Waals surface area contributed by atoms with Crippen LogP contribution >= 0.6 is 24.8 Å². The van der Waals surface area contributed by atoms with E-state index in [0.717, 1.165) is 38.7 Å². The summed E-state index contributed by atoms with van der Waals surface area (Å²) >= 11 is 0. The third-order valence-corrected chi connectivity index (χ3v) is 3.75. The number of rotatable bonds is 4. The van der Waals surface area contributed by atoms with Gasteiger partial charge < -0.3 is 10.4 Å². The molecule has 0 aromatic heterocycles. The molecule has 1 aromatic carbocycles. The third-order valence-electron chi connectivity index (χ3n) is 3.75. The van der Waals surface area contributed by atoms with Crippen molar-refractivity contribution in [3.8, 4) is 5.75 Å². The normalized spacial score (nSPS) is 16.8. The Balaban J connectivity index is 0.00000220. The van der Waals surface area contributed by atoms with Gasteiger partial charge in [0.15, 0.2) is 11.6 Å². The molecule has 128 valence electrons. The van der Waals surface area contributed by atoms with E-state index in [2.05, 4.69) is 24.1 Å². The van der Waals surface area contributed by atoms with Gasteiger partial charge in [-0.15, -0.1) is 24.8 Å². The number of hydrogen-bond donors (Lipinski definition) is 2. The summed E-state index contributed by atoms with van der Waals surface area (Å²) in [7, 11) is 0. The minimum atomic E-state index is -1.15. The molecule has 22 heavy (non-hydrogen) atoms. The van der Waals surface area contributed by atoms with Gasteiger partial charge in [-0.3, -0.25) is 4.90 Å². The predicted molar refractivity (Wildman–Crippen MR) is 89.2 cm³/mol. The predicted octanol–water partition coefficient (Wildman–Crippen LogP) is 3.51. The van der Waals surface area contributed by atoms with E-state index in [1.165, 1.54) is 6.07 Å². The van der Waals surface area contributed by atoms with Crippen LogP contribution in [0.5, 0.6) is 5.75 Å². The Labute approximate surface area is 142 Å². The molecule has 0 aliphatic carbocycles. The highest BCUT2D eigenvalue weighted by atomic mass is 35.5. The number of hydrogen-bond acceptors (Lipinski definition) is 3. The van der Waals surface area contributed by atoms with Gasteiger partial charge >= 0.3 is 0 Å². The van der Waals surface area contributed by atoms with E-state index in [1.807, 2.05) is 0 Å². The number of benzene rings is 1. The first kappa shape index (κ1) is 21.4. The number of phenols is 1. The first-order valence-electron chi connectivity index (χ1n) is 7.12. The lowest BCUT2D eigenvalue weighted by atomic mass is 9.94. The van der Waals surface area contributed by atoms with Crippen LogP contribution in [-0.2, 0) is 0 Å². The summed E-state index contributed by atoms with van der Waals surface area (Å²) in [5, 5.41) is 13.2. The van der Waals surface area contributed by atoms with Crippen molar-refractivity contribution in [2.75, 3.05) is 26.2 Å². The number of aromatic hydroxyl groups is 1. The maximum atomic E-state index is 13.6. The van der Waals surface area contributed by atoms with Crippen LogP contribution in [-0.4, -0.2) is 36.2 Å². The highest BCUT2D eigenvalue weighted by Crippen LogP contribution is 2.35. The molecule has 2 rings (SSSR count). The molecule has 1 fully saturated rings. The Bertz CT molecular complexity index is 469. The molecular formula is C15H24Cl2F2N2O. The van der Waals surface area contributed by atoms with E-state index in [-0.39, 0.29) is 30.9 Å². The van der Waals surface area contributed by atoms with E-state index in [4.69, 9.17) is 0 Å². The van der Waals surface area contributed by atoms with Crippen molar-refractivity contribution >= 4 is 24.8 Å². The summed E-state index contributed by atoms with van der Waals surface area (Å²) in [4.78, 5) is 2.23. The molecule has 0 bridgehead atoms. The molecule has 1 aromatic rings. The van der Waals surface area contributed by atoms with E-state index in [0.29, 0.717) is 11.5 Å². The van der Waals surface area contributed by atoms with Gasteiger partial charge in [-0.05, 0) is 18.4 Å². The molecule has 2 N–H and O–H groups in total. The third kappa shape index (κ3) is 4.95. The lowest BCUT2D eigenvalue weighted by Crippen LogP contribution is -2.45. The molecule has 0 saturated carbocycles. The summed E-state index contributed by atoms with van der Waals surface area (Å²) < 4.78 is 26.8. The second-order valence-electron chi connectivity index (χ2n) is 5.73. The smallest absolute Gasteiger partial charge is 0.200 e. The van der Waals surface area contributed by atoms with Crippen molar-refractivity contribution in [3.05, 3.63) is 29.3 Å². The number of nitrogens with one attached hydrogen (secondary N) is 1. The Hall–Kier alpha value is -0.620. The van der Waals surface area contributed by atoms with Gasteiger partial charge in [-0.25, -0.2) is 4.39 Å². The average molecular weight is 357 g/mol. The molecule has 1 heterocycles. The van der Waals surface area contributed by atoms with E-state index >= 15 is 0 Å². The van der Waals surface area contributed by atoms with Crippen molar-refractivity contribution in [1.29, 1.82) is 0 Å². The minimum Gasteiger partial charge on any atom is -0.505 e. The maximum Gasteiger partial charge on any atom is 0.200 e. The van der Waals surface area contributed by atoms with Crippen molar-refractivity contribution in [2.24, 2.45) is 5.92 Å². The zero-order valence-corrected chi connectivity index (χ0v) is 14.4. The standard InChI is InChI=1S/C15H22F2N2O.2ClH/c1-10(2)9-13(19-7-5-18-6-8-19)11-3-4-12(16)14(17)15(11)20;;/h3-4,10,13,18,20H,5-9H2,1-2H3;2*1H/t13-;;/m0../s1. The first-order valence-corrected chi connectivity index (χ1v) is 7.12. The molecule has 1 aliphatic heterocycles. The molecule has 1 aliphatic rings. The average Bonchev–Trinajstić information content (AvgIpc) is 2.44. The van der Waals surface area contributed by atoms with Crippen LogP contribution < -0.4 is 5.32 Å². The van der Waals surface area contributed by atoms with E-state index in [9.17, 15) is 13.9 Å². The number of halogens is 4. The topological polar surface area (TPSA) is 35.5 Å². The van der Waals surface area contributed by atoms with Gasteiger partial charge in [0, 0.05) is 37.8 Å². The highest BCUT2D eigenvalue weighted by Gasteiger charge is 2.27. The summed E-state index contributed by atoms with van der Waals surface area (Å²) in [6.07, 6.45) is 0.804. The number of piperazine rings is 1. The monoisotopic (exact) mass is 356 g/mol. The molecule has 7 heteroatoms. The molecule has 1 saturated heterocycles. The van der Waals surface area contributed by atoms with Gasteiger partial charge in [0.2, 0.25) is 5.82 Å². The molecule has 1 atom stereocenters. The van der Waals surface area contributed by atoms with Gasteiger partial charge in [-0.2, -0.15) is 4.39 Å². The Morgan fingerprint density at radius 2 is 1.77 bits per heavy atom. The molecule has 3 nitrogen and oxygen atoms in total. The van der Waals surface area contributed by atoms with Crippen molar-refractivity contribution in [2.45, 2.75) is 26.3 Å². The maximum absolute atomic E-state index is 13.6. The molecular weight excluding hydrogens is 333 g/mol. The van der Waals surface area contributed by atoms with E-state index in [1.54, 1.807) is 0 Å². The summed E-state index contributed by atoms with van der Waals surface area (Å²) in [5.74, 6) is -2.29. The van der Waals surface area contributed by atoms with Crippen LogP contribution in [0.4, 0.5) is 8.78 Å². The van der Waals surface area contributed by atoms with Gasteiger partial charge in [-0.1, -0.05) is 19.9 Å². The largest absolute Gasteiger partial charge is 0.505 e. The molecule has 0 unspecified atom stereocenters. The lowest BCUT2D eigenvalue weighted by molar-refractivity contribution is 0.151. The van der Waals surface area contributed by atoms with Crippen LogP contribution in [0.15, 0.2) is 12.1 Å². The van der Waals surface area contributed by atoms with Crippen LogP contribution in [0.25, 0.3) is 0 Å². The van der Waals surface area contributed by atoms with Crippen molar-refractivity contribution < 1.29 is 13.9 Å². The Morgan fingerprint density at radius 3 is 2.32 bits per heavy atom. The quantitative estimate of drug-likeness (QED) is 0.866. The first-order chi connectivity index (χ1) is 9.50. The highest BCUT2D eigenvalue weighted by molar-refractivity contribution is 5.85.